The van der Waals surface area contributed by atoms with E-state index in [-0.39, 0.29) is 0 Å². The van der Waals surface area contributed by atoms with Crippen molar-refractivity contribution in [2.45, 2.75) is 64.7 Å². The lowest BCUT2D eigenvalue weighted by Crippen LogP contribution is -1.80. The van der Waals surface area contributed by atoms with Crippen LogP contribution in [0.5, 0.6) is 0 Å². The number of hydrogen-bond acceptors (Lipinski definition) is 1. The molecular formula is C13H24O. The van der Waals surface area contributed by atoms with Crippen molar-refractivity contribution in [2.24, 2.45) is 0 Å². The Hall–Kier alpha value is -0.590. The first-order chi connectivity index (χ1) is 6.91. The van der Waals surface area contributed by atoms with Crippen LogP contribution in [0.15, 0.2) is 12.2 Å². The average Bonchev–Trinajstić information content (AvgIpc) is 2.21. The van der Waals surface area contributed by atoms with Crippen molar-refractivity contribution < 1.29 is 4.79 Å². The highest BCUT2D eigenvalue weighted by Crippen LogP contribution is 2.08. The molecule has 1 heteroatoms. The zero-order valence-electron chi connectivity index (χ0n) is 9.50. The molecule has 0 unspecified atom stereocenters. The summed E-state index contributed by atoms with van der Waals surface area (Å²) >= 11 is 0. The Morgan fingerprint density at radius 3 is 1.93 bits per heavy atom. The molecule has 0 fully saturated rings. The molecule has 0 aromatic rings. The number of rotatable bonds is 10. The van der Waals surface area contributed by atoms with E-state index in [1.807, 2.05) is 0 Å². The Morgan fingerprint density at radius 1 is 0.786 bits per heavy atom. The van der Waals surface area contributed by atoms with Gasteiger partial charge in [-0.05, 0) is 25.7 Å². The van der Waals surface area contributed by atoms with Crippen molar-refractivity contribution in [1.29, 1.82) is 0 Å². The zero-order chi connectivity index (χ0) is 10.5. The van der Waals surface area contributed by atoms with Crippen molar-refractivity contribution in [3.63, 3.8) is 0 Å². The van der Waals surface area contributed by atoms with Crippen LogP contribution in [-0.2, 0) is 4.79 Å². The predicted octanol–water partition coefficient (Wildman–Crippen LogP) is 4.27. The summed E-state index contributed by atoms with van der Waals surface area (Å²) in [5.41, 5.74) is 0. The van der Waals surface area contributed by atoms with Crippen LogP contribution < -0.4 is 0 Å². The number of unbranched alkanes of at least 4 members (excludes halogenated alkanes) is 7. The highest BCUT2D eigenvalue weighted by atomic mass is 16.1. The van der Waals surface area contributed by atoms with Gasteiger partial charge in [-0.1, -0.05) is 44.8 Å². The van der Waals surface area contributed by atoms with Gasteiger partial charge in [-0.15, -0.1) is 0 Å². The van der Waals surface area contributed by atoms with E-state index < -0.39 is 0 Å². The zero-order valence-corrected chi connectivity index (χ0v) is 9.50. The fourth-order valence-corrected chi connectivity index (χ4v) is 1.48. The van der Waals surface area contributed by atoms with E-state index in [1.54, 1.807) is 0 Å². The van der Waals surface area contributed by atoms with E-state index in [0.717, 1.165) is 25.5 Å². The largest absolute Gasteiger partial charge is 0.303 e. The summed E-state index contributed by atoms with van der Waals surface area (Å²) in [6.07, 6.45) is 16.3. The first kappa shape index (κ1) is 13.4. The van der Waals surface area contributed by atoms with Gasteiger partial charge >= 0.3 is 0 Å². The number of hydrogen-bond donors (Lipinski definition) is 0. The highest BCUT2D eigenvalue weighted by molar-refractivity contribution is 5.48. The molecule has 0 spiro atoms. The lowest BCUT2D eigenvalue weighted by Gasteiger charge is -1.98. The van der Waals surface area contributed by atoms with Crippen molar-refractivity contribution in [2.75, 3.05) is 0 Å². The van der Waals surface area contributed by atoms with Crippen molar-refractivity contribution in [3.8, 4) is 0 Å². The van der Waals surface area contributed by atoms with Gasteiger partial charge in [0.2, 0.25) is 0 Å². The van der Waals surface area contributed by atoms with Gasteiger partial charge in [0.15, 0.2) is 0 Å². The Labute approximate surface area is 88.6 Å². The Balaban J connectivity index is 2.91. The second-order valence-corrected chi connectivity index (χ2v) is 3.74. The van der Waals surface area contributed by atoms with Gasteiger partial charge in [0.1, 0.15) is 6.29 Å². The Kier molecular flexibility index (Phi) is 11.9. The molecule has 0 aliphatic carbocycles. The van der Waals surface area contributed by atoms with E-state index in [2.05, 4.69) is 19.1 Å². The first-order valence-corrected chi connectivity index (χ1v) is 6.00. The van der Waals surface area contributed by atoms with E-state index in [1.165, 1.54) is 38.5 Å². The Morgan fingerprint density at radius 2 is 1.36 bits per heavy atom. The van der Waals surface area contributed by atoms with E-state index in [4.69, 9.17) is 0 Å². The minimum absolute atomic E-state index is 0.749. The molecule has 0 N–H and O–H groups in total. The van der Waals surface area contributed by atoms with Gasteiger partial charge in [-0.25, -0.2) is 0 Å². The molecule has 0 aliphatic rings. The maximum absolute atomic E-state index is 10.0. The van der Waals surface area contributed by atoms with Crippen LogP contribution in [0.1, 0.15) is 64.7 Å². The SMILES string of the molecule is CCC=CCCCCCCCCC=O. The molecule has 0 heterocycles. The van der Waals surface area contributed by atoms with E-state index >= 15 is 0 Å². The minimum Gasteiger partial charge on any atom is -0.303 e. The van der Waals surface area contributed by atoms with Crippen LogP contribution in [-0.4, -0.2) is 6.29 Å². The maximum atomic E-state index is 10.0. The smallest absolute Gasteiger partial charge is 0.119 e. The molecule has 0 bridgehead atoms. The molecule has 0 aliphatic heterocycles. The summed E-state index contributed by atoms with van der Waals surface area (Å²) in [7, 11) is 0. The molecule has 0 amide bonds. The van der Waals surface area contributed by atoms with Crippen LogP contribution in [0.3, 0.4) is 0 Å². The second-order valence-electron chi connectivity index (χ2n) is 3.74. The fourth-order valence-electron chi connectivity index (χ4n) is 1.48. The minimum atomic E-state index is 0.749. The lowest BCUT2D eigenvalue weighted by atomic mass is 10.1. The average molecular weight is 196 g/mol. The van der Waals surface area contributed by atoms with Gasteiger partial charge in [0.05, 0.1) is 0 Å². The third kappa shape index (κ3) is 11.4. The summed E-state index contributed by atoms with van der Waals surface area (Å²) in [6.45, 7) is 2.17. The summed E-state index contributed by atoms with van der Waals surface area (Å²) < 4.78 is 0. The molecule has 1 nitrogen and oxygen atoms in total. The summed E-state index contributed by atoms with van der Waals surface area (Å²) in [5, 5.41) is 0. The molecule has 0 aromatic carbocycles. The first-order valence-electron chi connectivity index (χ1n) is 6.00. The molecule has 0 aromatic heterocycles. The Bertz CT molecular complexity index is 138. The van der Waals surface area contributed by atoms with Crippen LogP contribution in [0.25, 0.3) is 0 Å². The van der Waals surface area contributed by atoms with Crippen molar-refractivity contribution in [3.05, 3.63) is 12.2 Å². The topological polar surface area (TPSA) is 17.1 Å². The van der Waals surface area contributed by atoms with E-state index in [9.17, 15) is 4.79 Å². The lowest BCUT2D eigenvalue weighted by molar-refractivity contribution is -0.107. The molecule has 82 valence electrons. The molecule has 0 atom stereocenters. The van der Waals surface area contributed by atoms with Crippen molar-refractivity contribution in [1.82, 2.24) is 0 Å². The van der Waals surface area contributed by atoms with E-state index in [0.29, 0.717) is 0 Å². The molecule has 14 heavy (non-hydrogen) atoms. The molecule has 0 saturated carbocycles. The number of carbonyl (C=O) groups is 1. The summed E-state index contributed by atoms with van der Waals surface area (Å²) in [6, 6.07) is 0. The number of allylic oxidation sites excluding steroid dienone is 2. The number of carbonyl (C=O) groups excluding carboxylic acids is 1. The fraction of sp³-hybridized carbons (Fsp3) is 0.769. The van der Waals surface area contributed by atoms with Crippen LogP contribution in [0.2, 0.25) is 0 Å². The molecule has 0 radical (unpaired) electrons. The van der Waals surface area contributed by atoms with Crippen LogP contribution in [0, 0.1) is 0 Å². The maximum Gasteiger partial charge on any atom is 0.119 e. The predicted molar refractivity (Wildman–Crippen MR) is 62.4 cm³/mol. The van der Waals surface area contributed by atoms with Gasteiger partial charge in [0, 0.05) is 6.42 Å². The quantitative estimate of drug-likeness (QED) is 0.290. The number of aldehydes is 1. The van der Waals surface area contributed by atoms with Gasteiger partial charge in [-0.3, -0.25) is 0 Å². The second kappa shape index (κ2) is 12.4. The molecule has 0 saturated heterocycles. The van der Waals surface area contributed by atoms with Crippen LogP contribution in [0.4, 0.5) is 0 Å². The summed E-state index contributed by atoms with van der Waals surface area (Å²) in [5.74, 6) is 0. The third-order valence-corrected chi connectivity index (χ3v) is 2.35. The molecular weight excluding hydrogens is 172 g/mol. The summed E-state index contributed by atoms with van der Waals surface area (Å²) in [4.78, 5) is 10.0. The standard InChI is InChI=1S/C13H24O/c1-2-3-4-5-6-7-8-9-10-11-12-13-14/h3-4,13H,2,5-12H2,1H3. The van der Waals surface area contributed by atoms with Crippen molar-refractivity contribution >= 4 is 6.29 Å². The normalized spacial score (nSPS) is 10.9. The van der Waals surface area contributed by atoms with Gasteiger partial charge in [0.25, 0.3) is 0 Å². The monoisotopic (exact) mass is 196 g/mol. The van der Waals surface area contributed by atoms with Gasteiger partial charge < -0.3 is 4.79 Å². The highest BCUT2D eigenvalue weighted by Gasteiger charge is 1.89. The van der Waals surface area contributed by atoms with Gasteiger partial charge in [-0.2, -0.15) is 0 Å². The van der Waals surface area contributed by atoms with Crippen LogP contribution >= 0.6 is 0 Å². The molecule has 0 rings (SSSR count). The third-order valence-electron chi connectivity index (χ3n) is 2.35.